The molecule has 21 heavy (non-hydrogen) atoms. The predicted molar refractivity (Wildman–Crippen MR) is 83.6 cm³/mol. The minimum absolute atomic E-state index is 0.176. The Labute approximate surface area is 127 Å². The fraction of sp³-hybridized carbons (Fsp3) is 0.714. The van der Waals surface area contributed by atoms with Gasteiger partial charge in [-0.15, -0.1) is 0 Å². The summed E-state index contributed by atoms with van der Waals surface area (Å²) in [5.74, 6) is 0. The van der Waals surface area contributed by atoms with Crippen LogP contribution in [0.3, 0.4) is 0 Å². The second-order valence-corrected chi connectivity index (χ2v) is 7.00. The lowest BCUT2D eigenvalue weighted by Crippen LogP contribution is -2.25. The number of ether oxygens (including phenoxy) is 1. The summed E-state index contributed by atoms with van der Waals surface area (Å²) in [7, 11) is -3.48. The highest BCUT2D eigenvalue weighted by Gasteiger charge is 2.18. The number of nitrogens with zero attached hydrogens (tertiary/aromatic N) is 1. The third-order valence-electron chi connectivity index (χ3n) is 3.09. The Balaban J connectivity index is 2.62. The number of hydrogen-bond donors (Lipinski definition) is 2. The third-order valence-corrected chi connectivity index (χ3v) is 4.52. The molecule has 0 bridgehead atoms. The minimum atomic E-state index is -3.48. The van der Waals surface area contributed by atoms with Gasteiger partial charge in [0.15, 0.2) is 0 Å². The molecule has 6 nitrogen and oxygen atoms in total. The molecule has 0 atom stereocenters. The molecule has 0 unspecified atom stereocenters. The molecular formula is C14H27N3O3S. The van der Waals surface area contributed by atoms with Crippen molar-refractivity contribution in [2.24, 2.45) is 5.73 Å². The number of aromatic nitrogens is 1. The van der Waals surface area contributed by atoms with E-state index in [-0.39, 0.29) is 10.9 Å². The van der Waals surface area contributed by atoms with E-state index >= 15 is 0 Å². The first-order chi connectivity index (χ1) is 9.92. The molecule has 0 spiro atoms. The number of sulfonamides is 1. The van der Waals surface area contributed by atoms with E-state index in [4.69, 9.17) is 10.5 Å². The quantitative estimate of drug-likeness (QED) is 0.642. The molecule has 0 aliphatic rings. The lowest BCUT2D eigenvalue weighted by Gasteiger charge is -2.10. The molecule has 1 heterocycles. The van der Waals surface area contributed by atoms with Crippen LogP contribution in [0, 0.1) is 0 Å². The first kappa shape index (κ1) is 18.2. The summed E-state index contributed by atoms with van der Waals surface area (Å²) in [6.45, 7) is 8.00. The van der Waals surface area contributed by atoms with E-state index in [1.807, 2.05) is 25.3 Å². The Kier molecular flexibility index (Phi) is 7.37. The number of nitrogens with two attached hydrogens (primary N) is 1. The van der Waals surface area contributed by atoms with E-state index < -0.39 is 10.0 Å². The van der Waals surface area contributed by atoms with Gasteiger partial charge in [-0.25, -0.2) is 13.1 Å². The van der Waals surface area contributed by atoms with Crippen LogP contribution in [0.2, 0.25) is 0 Å². The van der Waals surface area contributed by atoms with Gasteiger partial charge in [-0.2, -0.15) is 0 Å². The highest BCUT2D eigenvalue weighted by molar-refractivity contribution is 7.89. The Bertz CT molecular complexity index is 524. The Morgan fingerprint density at radius 1 is 1.38 bits per heavy atom. The number of hydrogen-bond acceptors (Lipinski definition) is 4. The van der Waals surface area contributed by atoms with E-state index in [0.29, 0.717) is 32.7 Å². The van der Waals surface area contributed by atoms with Crippen molar-refractivity contribution in [1.82, 2.24) is 9.29 Å². The minimum Gasteiger partial charge on any atom is -0.381 e. The molecule has 122 valence electrons. The van der Waals surface area contributed by atoms with Crippen LogP contribution in [0.15, 0.2) is 17.2 Å². The van der Waals surface area contributed by atoms with Crippen LogP contribution in [0.1, 0.15) is 45.3 Å². The summed E-state index contributed by atoms with van der Waals surface area (Å²) < 4.78 is 34.2. The second-order valence-electron chi connectivity index (χ2n) is 5.24. The highest BCUT2D eigenvalue weighted by Crippen LogP contribution is 2.18. The van der Waals surface area contributed by atoms with Crippen LogP contribution in [0.25, 0.3) is 0 Å². The normalized spacial score (nSPS) is 12.2. The van der Waals surface area contributed by atoms with Gasteiger partial charge in [0.2, 0.25) is 10.0 Å². The van der Waals surface area contributed by atoms with E-state index in [0.717, 1.165) is 12.1 Å². The molecule has 0 aliphatic carbocycles. The van der Waals surface area contributed by atoms with Crippen molar-refractivity contribution in [2.75, 3.05) is 19.8 Å². The lowest BCUT2D eigenvalue weighted by molar-refractivity contribution is 0.133. The molecule has 0 radical (unpaired) electrons. The zero-order valence-corrected chi connectivity index (χ0v) is 13.9. The fourth-order valence-corrected chi connectivity index (χ4v) is 3.12. The Hall–Kier alpha value is -0.890. The predicted octanol–water partition coefficient (Wildman–Crippen LogP) is 1.62. The number of rotatable bonds is 10. The van der Waals surface area contributed by atoms with E-state index in [1.54, 1.807) is 12.3 Å². The molecule has 0 saturated carbocycles. The van der Waals surface area contributed by atoms with Gasteiger partial charge in [0.1, 0.15) is 0 Å². The van der Waals surface area contributed by atoms with Gasteiger partial charge >= 0.3 is 0 Å². The number of nitrogens with one attached hydrogen (secondary N) is 1. The Morgan fingerprint density at radius 2 is 2.10 bits per heavy atom. The van der Waals surface area contributed by atoms with Gasteiger partial charge in [-0.3, -0.25) is 0 Å². The fourth-order valence-electron chi connectivity index (χ4n) is 2.00. The van der Waals surface area contributed by atoms with Gasteiger partial charge in [0, 0.05) is 44.2 Å². The van der Waals surface area contributed by atoms with Crippen LogP contribution >= 0.6 is 0 Å². The summed E-state index contributed by atoms with van der Waals surface area (Å²) >= 11 is 0. The monoisotopic (exact) mass is 317 g/mol. The second kappa shape index (κ2) is 8.53. The van der Waals surface area contributed by atoms with Crippen LogP contribution in [0.4, 0.5) is 0 Å². The molecule has 0 fully saturated rings. The molecule has 0 amide bonds. The van der Waals surface area contributed by atoms with Crippen molar-refractivity contribution in [3.05, 3.63) is 18.0 Å². The largest absolute Gasteiger partial charge is 0.381 e. The van der Waals surface area contributed by atoms with Crippen molar-refractivity contribution >= 4 is 10.0 Å². The van der Waals surface area contributed by atoms with E-state index in [2.05, 4.69) is 4.72 Å². The SMILES string of the molecule is CCCOCCCNS(=O)(=O)c1cc(CN)n(C(C)C)c1. The lowest BCUT2D eigenvalue weighted by atomic mass is 10.3. The average Bonchev–Trinajstić information content (AvgIpc) is 2.88. The summed E-state index contributed by atoms with van der Waals surface area (Å²) in [4.78, 5) is 0.270. The summed E-state index contributed by atoms with van der Waals surface area (Å²) in [6, 6.07) is 1.81. The van der Waals surface area contributed by atoms with Gasteiger partial charge in [0.25, 0.3) is 0 Å². The zero-order chi connectivity index (χ0) is 15.9. The Morgan fingerprint density at radius 3 is 2.62 bits per heavy atom. The van der Waals surface area contributed by atoms with Crippen LogP contribution in [-0.2, 0) is 21.3 Å². The summed E-state index contributed by atoms with van der Waals surface area (Å²) in [5.41, 5.74) is 6.48. The van der Waals surface area contributed by atoms with Crippen LogP contribution < -0.4 is 10.5 Å². The van der Waals surface area contributed by atoms with Gasteiger partial charge in [0.05, 0.1) is 4.90 Å². The average molecular weight is 317 g/mol. The molecule has 0 saturated heterocycles. The zero-order valence-electron chi connectivity index (χ0n) is 13.1. The third kappa shape index (κ3) is 5.43. The first-order valence-electron chi connectivity index (χ1n) is 7.40. The molecule has 1 aromatic rings. The standard InChI is InChI=1S/C14H27N3O3S/c1-4-7-20-8-5-6-16-21(18,19)14-9-13(10-15)17(11-14)12(2)3/h9,11-12,16H,4-8,10,15H2,1-3H3. The molecular weight excluding hydrogens is 290 g/mol. The highest BCUT2D eigenvalue weighted by atomic mass is 32.2. The maximum absolute atomic E-state index is 12.2. The maximum atomic E-state index is 12.2. The van der Waals surface area contributed by atoms with Crippen molar-refractivity contribution in [1.29, 1.82) is 0 Å². The van der Waals surface area contributed by atoms with Crippen LogP contribution in [0.5, 0.6) is 0 Å². The van der Waals surface area contributed by atoms with Gasteiger partial charge in [-0.1, -0.05) is 6.92 Å². The maximum Gasteiger partial charge on any atom is 0.242 e. The van der Waals surface area contributed by atoms with Gasteiger partial charge < -0.3 is 15.0 Å². The van der Waals surface area contributed by atoms with Gasteiger partial charge in [-0.05, 0) is 32.8 Å². The smallest absolute Gasteiger partial charge is 0.242 e. The van der Waals surface area contributed by atoms with Crippen molar-refractivity contribution in [3.63, 3.8) is 0 Å². The van der Waals surface area contributed by atoms with Crippen LogP contribution in [-0.4, -0.2) is 32.7 Å². The first-order valence-corrected chi connectivity index (χ1v) is 8.89. The molecule has 1 rings (SSSR count). The van der Waals surface area contributed by atoms with Crippen molar-refractivity contribution in [3.8, 4) is 0 Å². The molecule has 1 aromatic heterocycles. The molecule has 0 aliphatic heterocycles. The van der Waals surface area contributed by atoms with E-state index in [1.165, 1.54) is 0 Å². The molecule has 7 heteroatoms. The van der Waals surface area contributed by atoms with E-state index in [9.17, 15) is 8.42 Å². The summed E-state index contributed by atoms with van der Waals surface area (Å²) in [5, 5.41) is 0. The van der Waals surface area contributed by atoms with Crippen molar-refractivity contribution < 1.29 is 13.2 Å². The van der Waals surface area contributed by atoms with Crippen molar-refractivity contribution in [2.45, 2.75) is 51.1 Å². The molecule has 3 N–H and O–H groups in total. The topological polar surface area (TPSA) is 86.3 Å². The summed E-state index contributed by atoms with van der Waals surface area (Å²) in [6.07, 6.45) is 3.27. The molecule has 0 aromatic carbocycles.